The normalized spacial score (nSPS) is 11.7. The van der Waals surface area contributed by atoms with Crippen LogP contribution in [0.5, 0.6) is 0 Å². The number of rotatable bonds is 5. The summed E-state index contributed by atoms with van der Waals surface area (Å²) in [5, 5.41) is 3.14. The van der Waals surface area contributed by atoms with Crippen molar-refractivity contribution in [3.63, 3.8) is 0 Å². The highest BCUT2D eigenvalue weighted by Gasteiger charge is 2.17. The number of carbonyl (C=O) groups excluding carboxylic acids is 1. The maximum absolute atomic E-state index is 12.7. The van der Waals surface area contributed by atoms with Gasteiger partial charge in [-0.25, -0.2) is 0 Å². The number of nitrogens with zero attached hydrogens (tertiary/aromatic N) is 1. The second-order valence-corrected chi connectivity index (χ2v) is 5.65. The summed E-state index contributed by atoms with van der Waals surface area (Å²) in [6, 6.07) is 21.4. The van der Waals surface area contributed by atoms with E-state index in [-0.39, 0.29) is 11.9 Å². The molecule has 1 heterocycles. The first-order valence-corrected chi connectivity index (χ1v) is 8.12. The van der Waals surface area contributed by atoms with Crippen LogP contribution in [0.1, 0.15) is 40.0 Å². The molecule has 0 aliphatic heterocycles. The third-order valence-electron chi connectivity index (χ3n) is 4.07. The molecule has 0 saturated heterocycles. The van der Waals surface area contributed by atoms with Crippen molar-refractivity contribution in [2.45, 2.75) is 19.4 Å². The number of aromatic nitrogens is 1. The van der Waals surface area contributed by atoms with E-state index in [1.807, 2.05) is 66.7 Å². The fourth-order valence-electron chi connectivity index (χ4n) is 2.67. The second kappa shape index (κ2) is 7.55. The number of benzene rings is 2. The zero-order chi connectivity index (χ0) is 16.8. The van der Waals surface area contributed by atoms with E-state index in [2.05, 4.69) is 17.2 Å². The smallest absolute Gasteiger partial charge is 0.252 e. The molecule has 1 aromatic heterocycles. The first-order chi connectivity index (χ1) is 11.8. The minimum Gasteiger partial charge on any atom is -0.341 e. The van der Waals surface area contributed by atoms with Crippen LogP contribution in [0.4, 0.5) is 0 Å². The molecule has 1 atom stereocenters. The third-order valence-corrected chi connectivity index (χ3v) is 4.07. The van der Waals surface area contributed by atoms with Crippen LogP contribution in [0.25, 0.3) is 0 Å². The van der Waals surface area contributed by atoms with Crippen LogP contribution in [0.15, 0.2) is 79.1 Å². The van der Waals surface area contributed by atoms with Crippen LogP contribution in [0.3, 0.4) is 0 Å². The van der Waals surface area contributed by atoms with E-state index in [0.29, 0.717) is 5.56 Å². The zero-order valence-electron chi connectivity index (χ0n) is 13.6. The Balaban J connectivity index is 1.87. The number of aryl methyl sites for hydroxylation is 1. The van der Waals surface area contributed by atoms with Crippen molar-refractivity contribution in [3.8, 4) is 0 Å². The van der Waals surface area contributed by atoms with Crippen LogP contribution in [0, 0.1) is 0 Å². The number of hydrogen-bond acceptors (Lipinski definition) is 2. The molecule has 3 nitrogen and oxygen atoms in total. The first kappa shape index (κ1) is 15.9. The Morgan fingerprint density at radius 1 is 0.917 bits per heavy atom. The largest absolute Gasteiger partial charge is 0.341 e. The Morgan fingerprint density at radius 3 is 2.17 bits per heavy atom. The Bertz CT molecular complexity index is 744. The summed E-state index contributed by atoms with van der Waals surface area (Å²) in [5.74, 6) is -0.0803. The summed E-state index contributed by atoms with van der Waals surface area (Å²) in [7, 11) is 0. The van der Waals surface area contributed by atoms with Crippen molar-refractivity contribution in [1.82, 2.24) is 10.3 Å². The predicted molar refractivity (Wildman–Crippen MR) is 95.8 cm³/mol. The number of hydrogen-bond donors (Lipinski definition) is 1. The van der Waals surface area contributed by atoms with Gasteiger partial charge in [0.1, 0.15) is 0 Å². The van der Waals surface area contributed by atoms with E-state index in [9.17, 15) is 4.79 Å². The van der Waals surface area contributed by atoms with Gasteiger partial charge in [0.05, 0.1) is 6.04 Å². The molecule has 1 unspecified atom stereocenters. The molecule has 24 heavy (non-hydrogen) atoms. The first-order valence-electron chi connectivity index (χ1n) is 8.12. The van der Waals surface area contributed by atoms with Gasteiger partial charge in [0.25, 0.3) is 5.91 Å². The Kier molecular flexibility index (Phi) is 5.02. The van der Waals surface area contributed by atoms with E-state index in [1.54, 1.807) is 12.4 Å². The van der Waals surface area contributed by atoms with E-state index >= 15 is 0 Å². The van der Waals surface area contributed by atoms with Crippen molar-refractivity contribution in [2.75, 3.05) is 0 Å². The lowest BCUT2D eigenvalue weighted by molar-refractivity contribution is 0.0943. The van der Waals surface area contributed by atoms with Gasteiger partial charge in [-0.3, -0.25) is 9.78 Å². The molecule has 0 aliphatic rings. The molecular formula is C21H20N2O. The van der Waals surface area contributed by atoms with Crippen molar-refractivity contribution in [3.05, 3.63) is 101 Å². The topological polar surface area (TPSA) is 42.0 Å². The molecule has 3 aromatic rings. The Hall–Kier alpha value is -2.94. The molecule has 0 bridgehead atoms. The Morgan fingerprint density at radius 2 is 1.54 bits per heavy atom. The van der Waals surface area contributed by atoms with Crippen LogP contribution in [0.2, 0.25) is 0 Å². The predicted octanol–water partition coefficient (Wildman–Crippen LogP) is 4.16. The minimum absolute atomic E-state index is 0.0803. The summed E-state index contributed by atoms with van der Waals surface area (Å²) in [4.78, 5) is 16.7. The highest BCUT2D eigenvalue weighted by atomic mass is 16.1. The summed E-state index contributed by atoms with van der Waals surface area (Å²) in [6.07, 6.45) is 4.45. The summed E-state index contributed by atoms with van der Waals surface area (Å²) in [5.41, 5.74) is 3.94. The monoisotopic (exact) mass is 316 g/mol. The average molecular weight is 316 g/mol. The summed E-state index contributed by atoms with van der Waals surface area (Å²) in [6.45, 7) is 2.10. The molecule has 0 radical (unpaired) electrons. The van der Waals surface area contributed by atoms with Crippen LogP contribution in [-0.2, 0) is 6.42 Å². The van der Waals surface area contributed by atoms with Crippen molar-refractivity contribution in [1.29, 1.82) is 0 Å². The molecule has 2 aromatic carbocycles. The molecule has 0 aliphatic carbocycles. The number of carbonyl (C=O) groups is 1. The van der Waals surface area contributed by atoms with Crippen LogP contribution < -0.4 is 5.32 Å². The minimum atomic E-state index is -0.201. The van der Waals surface area contributed by atoms with Gasteiger partial charge < -0.3 is 5.32 Å². The molecule has 0 saturated carbocycles. The highest BCUT2D eigenvalue weighted by Crippen LogP contribution is 2.22. The summed E-state index contributed by atoms with van der Waals surface area (Å²) < 4.78 is 0. The van der Waals surface area contributed by atoms with Crippen LogP contribution >= 0.6 is 0 Å². The van der Waals surface area contributed by atoms with Gasteiger partial charge in [-0.05, 0) is 47.4 Å². The van der Waals surface area contributed by atoms with Gasteiger partial charge in [0.15, 0.2) is 0 Å². The fourth-order valence-corrected chi connectivity index (χ4v) is 2.67. The van der Waals surface area contributed by atoms with Gasteiger partial charge in [0.2, 0.25) is 0 Å². The number of amides is 1. The van der Waals surface area contributed by atoms with Gasteiger partial charge in [-0.1, -0.05) is 49.4 Å². The van der Waals surface area contributed by atoms with E-state index in [0.717, 1.165) is 17.5 Å². The summed E-state index contributed by atoms with van der Waals surface area (Å²) >= 11 is 0. The Labute approximate surface area is 142 Å². The zero-order valence-corrected chi connectivity index (χ0v) is 13.6. The molecule has 1 amide bonds. The maximum Gasteiger partial charge on any atom is 0.252 e. The standard InChI is InChI=1S/C21H20N2O/c1-2-16-8-10-19(11-9-16)21(24)23-20(17-6-4-3-5-7-17)18-12-14-22-15-13-18/h3-15,20H,2H2,1H3,(H,23,24). The second-order valence-electron chi connectivity index (χ2n) is 5.65. The third kappa shape index (κ3) is 3.69. The molecule has 0 fully saturated rings. The van der Waals surface area contributed by atoms with E-state index in [1.165, 1.54) is 5.56 Å². The van der Waals surface area contributed by atoms with E-state index < -0.39 is 0 Å². The molecular weight excluding hydrogens is 296 g/mol. The SMILES string of the molecule is CCc1ccc(C(=O)NC(c2ccccc2)c2ccncc2)cc1. The number of nitrogens with one attached hydrogen (secondary N) is 1. The maximum atomic E-state index is 12.7. The molecule has 0 spiro atoms. The highest BCUT2D eigenvalue weighted by molar-refractivity contribution is 5.94. The van der Waals surface area contributed by atoms with Gasteiger partial charge in [-0.2, -0.15) is 0 Å². The van der Waals surface area contributed by atoms with Gasteiger partial charge in [-0.15, -0.1) is 0 Å². The quantitative estimate of drug-likeness (QED) is 0.768. The molecule has 120 valence electrons. The molecule has 3 rings (SSSR count). The van der Waals surface area contributed by atoms with Crippen LogP contribution in [-0.4, -0.2) is 10.9 Å². The van der Waals surface area contributed by atoms with Crippen molar-refractivity contribution >= 4 is 5.91 Å². The average Bonchev–Trinajstić information content (AvgIpc) is 2.67. The molecule has 1 N–H and O–H groups in total. The lowest BCUT2D eigenvalue weighted by Gasteiger charge is -2.20. The lowest BCUT2D eigenvalue weighted by atomic mass is 9.99. The lowest BCUT2D eigenvalue weighted by Crippen LogP contribution is -2.29. The molecule has 3 heteroatoms. The van der Waals surface area contributed by atoms with Gasteiger partial charge >= 0.3 is 0 Å². The van der Waals surface area contributed by atoms with E-state index in [4.69, 9.17) is 0 Å². The van der Waals surface area contributed by atoms with Crippen molar-refractivity contribution < 1.29 is 4.79 Å². The fraction of sp³-hybridized carbons (Fsp3) is 0.143. The van der Waals surface area contributed by atoms with Crippen molar-refractivity contribution in [2.24, 2.45) is 0 Å². The van der Waals surface area contributed by atoms with Gasteiger partial charge in [0, 0.05) is 18.0 Å². The number of pyridine rings is 1.